The molecule has 1 rings (SSSR count). The summed E-state index contributed by atoms with van der Waals surface area (Å²) in [5.74, 6) is 0.920. The fraction of sp³-hybridized carbons (Fsp3) is 0.500. The molecule has 0 aliphatic heterocycles. The minimum atomic E-state index is -0.965. The van der Waals surface area contributed by atoms with Crippen LogP contribution in [0.3, 0.4) is 0 Å². The van der Waals surface area contributed by atoms with E-state index in [2.05, 4.69) is 37.1 Å². The van der Waals surface area contributed by atoms with Gasteiger partial charge in [-0.25, -0.2) is 0 Å². The number of hydrogen-bond acceptors (Lipinski definition) is 2. The Balaban J connectivity index is 2.38. The van der Waals surface area contributed by atoms with Crippen LogP contribution in [-0.4, -0.2) is 21.4 Å². The molecule has 0 saturated carbocycles. The number of hydrogen-bond donors (Lipinski definition) is 1. The van der Waals surface area contributed by atoms with E-state index in [1.165, 1.54) is 11.7 Å². The monoisotopic (exact) mass is 223 g/mol. The minimum Gasteiger partial charge on any atom is -0.497 e. The zero-order valence-corrected chi connectivity index (χ0v) is 11.1. The summed E-state index contributed by atoms with van der Waals surface area (Å²) in [4.78, 5) is 0. The molecule has 84 valence electrons. The van der Waals surface area contributed by atoms with E-state index < -0.39 is 8.07 Å². The Hall–Kier alpha value is -0.803. The third kappa shape index (κ3) is 5.00. The van der Waals surface area contributed by atoms with Crippen LogP contribution in [0.25, 0.3) is 0 Å². The van der Waals surface area contributed by atoms with E-state index in [0.29, 0.717) is 0 Å². The van der Waals surface area contributed by atoms with Gasteiger partial charge in [0, 0.05) is 6.54 Å². The molecular weight excluding hydrogens is 202 g/mol. The van der Waals surface area contributed by atoms with E-state index in [9.17, 15) is 0 Å². The first-order chi connectivity index (χ1) is 7.01. The van der Waals surface area contributed by atoms with E-state index in [1.807, 2.05) is 12.1 Å². The first kappa shape index (κ1) is 12.3. The van der Waals surface area contributed by atoms with Crippen LogP contribution in [0.1, 0.15) is 5.56 Å². The van der Waals surface area contributed by atoms with Crippen molar-refractivity contribution in [2.45, 2.75) is 26.2 Å². The lowest BCUT2D eigenvalue weighted by molar-refractivity contribution is 0.414. The molecule has 0 aliphatic carbocycles. The molecule has 1 aromatic carbocycles. The van der Waals surface area contributed by atoms with Crippen molar-refractivity contribution in [3.63, 3.8) is 0 Å². The molecule has 1 aromatic rings. The Labute approximate surface area is 93.7 Å². The summed E-state index contributed by atoms with van der Waals surface area (Å²) in [6.07, 6.45) is 1.17. The lowest BCUT2D eigenvalue weighted by atomic mass is 10.2. The Kier molecular flexibility index (Phi) is 4.36. The molecule has 0 aromatic heterocycles. The van der Waals surface area contributed by atoms with Crippen molar-refractivity contribution in [2.75, 3.05) is 13.3 Å². The molecule has 0 fully saturated rings. The van der Waals surface area contributed by atoms with Crippen molar-refractivity contribution in [1.29, 1.82) is 0 Å². The van der Waals surface area contributed by atoms with Gasteiger partial charge < -0.3 is 10.1 Å². The SMILES string of the molecule is COc1ccc(CNC[Si](C)(C)C)cc1. The highest BCUT2D eigenvalue weighted by atomic mass is 28.3. The van der Waals surface area contributed by atoms with Crippen LogP contribution in [0.5, 0.6) is 5.75 Å². The van der Waals surface area contributed by atoms with Crippen molar-refractivity contribution < 1.29 is 4.74 Å². The second kappa shape index (κ2) is 5.33. The fourth-order valence-corrected chi connectivity index (χ4v) is 2.20. The average molecular weight is 223 g/mol. The van der Waals surface area contributed by atoms with Gasteiger partial charge in [-0.2, -0.15) is 0 Å². The van der Waals surface area contributed by atoms with Gasteiger partial charge in [0.25, 0.3) is 0 Å². The van der Waals surface area contributed by atoms with E-state index in [0.717, 1.165) is 12.3 Å². The first-order valence-corrected chi connectivity index (χ1v) is 9.06. The van der Waals surface area contributed by atoms with Crippen LogP contribution in [-0.2, 0) is 6.54 Å². The first-order valence-electron chi connectivity index (χ1n) is 5.35. The van der Waals surface area contributed by atoms with Gasteiger partial charge in [-0.15, -0.1) is 0 Å². The molecule has 0 spiro atoms. The molecule has 0 amide bonds. The van der Waals surface area contributed by atoms with Crippen molar-refractivity contribution in [2.24, 2.45) is 0 Å². The second-order valence-electron chi connectivity index (χ2n) is 5.01. The molecule has 0 atom stereocenters. The zero-order chi connectivity index (χ0) is 11.3. The van der Waals surface area contributed by atoms with Gasteiger partial charge in [0.1, 0.15) is 5.75 Å². The van der Waals surface area contributed by atoms with Gasteiger partial charge in [-0.3, -0.25) is 0 Å². The van der Waals surface area contributed by atoms with Crippen LogP contribution in [0.15, 0.2) is 24.3 Å². The van der Waals surface area contributed by atoms with Crippen LogP contribution in [0, 0.1) is 0 Å². The predicted octanol–water partition coefficient (Wildman–Crippen LogP) is 2.66. The Morgan fingerprint density at radius 3 is 2.20 bits per heavy atom. The average Bonchev–Trinajstić information content (AvgIpc) is 2.17. The molecule has 0 unspecified atom stereocenters. The normalized spacial score (nSPS) is 11.5. The Morgan fingerprint density at radius 2 is 1.73 bits per heavy atom. The highest BCUT2D eigenvalue weighted by Gasteiger charge is 2.11. The smallest absolute Gasteiger partial charge is 0.118 e. The lowest BCUT2D eigenvalue weighted by Gasteiger charge is -2.16. The molecule has 2 nitrogen and oxygen atoms in total. The van der Waals surface area contributed by atoms with Gasteiger partial charge >= 0.3 is 0 Å². The topological polar surface area (TPSA) is 21.3 Å². The Bertz CT molecular complexity index is 289. The summed E-state index contributed by atoms with van der Waals surface area (Å²) >= 11 is 0. The quantitative estimate of drug-likeness (QED) is 0.775. The molecule has 0 radical (unpaired) electrons. The van der Waals surface area contributed by atoms with Crippen LogP contribution in [0.2, 0.25) is 19.6 Å². The summed E-state index contributed by atoms with van der Waals surface area (Å²) in [5, 5.41) is 3.50. The summed E-state index contributed by atoms with van der Waals surface area (Å²) in [6, 6.07) is 8.23. The summed E-state index contributed by atoms with van der Waals surface area (Å²) in [6.45, 7) is 8.06. The number of nitrogens with one attached hydrogen (secondary N) is 1. The van der Waals surface area contributed by atoms with Gasteiger partial charge in [-0.05, 0) is 23.9 Å². The van der Waals surface area contributed by atoms with Crippen molar-refractivity contribution in [1.82, 2.24) is 5.32 Å². The maximum absolute atomic E-state index is 5.11. The van der Waals surface area contributed by atoms with E-state index in [4.69, 9.17) is 4.74 Å². The molecule has 3 heteroatoms. The van der Waals surface area contributed by atoms with Crippen LogP contribution < -0.4 is 10.1 Å². The fourth-order valence-electron chi connectivity index (χ4n) is 1.33. The van der Waals surface area contributed by atoms with Crippen molar-refractivity contribution in [3.8, 4) is 5.75 Å². The molecule has 0 bridgehead atoms. The summed E-state index contributed by atoms with van der Waals surface area (Å²) in [7, 11) is 0.728. The maximum Gasteiger partial charge on any atom is 0.118 e. The zero-order valence-electron chi connectivity index (χ0n) is 10.1. The van der Waals surface area contributed by atoms with Crippen LogP contribution >= 0.6 is 0 Å². The maximum atomic E-state index is 5.11. The molecule has 1 N–H and O–H groups in total. The molecular formula is C12H21NOSi. The number of benzene rings is 1. The molecule has 0 aliphatic rings. The van der Waals surface area contributed by atoms with Crippen molar-refractivity contribution in [3.05, 3.63) is 29.8 Å². The third-order valence-electron chi connectivity index (χ3n) is 2.14. The van der Waals surface area contributed by atoms with Gasteiger partial charge in [0.15, 0.2) is 0 Å². The van der Waals surface area contributed by atoms with Crippen molar-refractivity contribution >= 4 is 8.07 Å². The molecule has 15 heavy (non-hydrogen) atoms. The van der Waals surface area contributed by atoms with Gasteiger partial charge in [0.2, 0.25) is 0 Å². The van der Waals surface area contributed by atoms with Crippen LogP contribution in [0.4, 0.5) is 0 Å². The standard InChI is InChI=1S/C12H21NOSi/c1-14-12-7-5-11(6-8-12)9-13-10-15(2,3)4/h5-8,13H,9-10H2,1-4H3. The number of methoxy groups -OCH3 is 1. The van der Waals surface area contributed by atoms with E-state index in [1.54, 1.807) is 7.11 Å². The Morgan fingerprint density at radius 1 is 1.13 bits per heavy atom. The largest absolute Gasteiger partial charge is 0.497 e. The lowest BCUT2D eigenvalue weighted by Crippen LogP contribution is -2.36. The predicted molar refractivity (Wildman–Crippen MR) is 68.0 cm³/mol. The van der Waals surface area contributed by atoms with Gasteiger partial charge in [-0.1, -0.05) is 31.8 Å². The summed E-state index contributed by atoms with van der Waals surface area (Å²) < 4.78 is 5.11. The summed E-state index contributed by atoms with van der Waals surface area (Å²) in [5.41, 5.74) is 1.31. The highest BCUT2D eigenvalue weighted by molar-refractivity contribution is 6.76. The van der Waals surface area contributed by atoms with E-state index in [-0.39, 0.29) is 0 Å². The number of ether oxygens (including phenoxy) is 1. The van der Waals surface area contributed by atoms with Gasteiger partial charge in [0.05, 0.1) is 15.2 Å². The second-order valence-corrected chi connectivity index (χ2v) is 10.5. The molecule has 0 heterocycles. The number of rotatable bonds is 5. The highest BCUT2D eigenvalue weighted by Crippen LogP contribution is 2.11. The molecule has 0 saturated heterocycles. The minimum absolute atomic E-state index is 0.920. The van der Waals surface area contributed by atoms with E-state index >= 15 is 0 Å². The third-order valence-corrected chi connectivity index (χ3v) is 3.45.